The summed E-state index contributed by atoms with van der Waals surface area (Å²) >= 11 is 0. The van der Waals surface area contributed by atoms with Gasteiger partial charge in [-0.25, -0.2) is 0 Å². The van der Waals surface area contributed by atoms with Crippen molar-refractivity contribution in [2.45, 2.75) is 6.04 Å². The van der Waals surface area contributed by atoms with Crippen LogP contribution in [0.1, 0.15) is 0 Å². The van der Waals surface area contributed by atoms with Crippen LogP contribution in [0.25, 0.3) is 0 Å². The summed E-state index contributed by atoms with van der Waals surface area (Å²) in [5.41, 5.74) is 6.42. The normalized spacial score (nSPS) is 17.8. The number of rotatable bonds is 5. The Labute approximate surface area is 118 Å². The molecule has 6 heteroatoms. The standard InChI is InChI=1S/C14H21N3O3/c1-20-12-4-2-11(3-5-12)16-6-8-17(9-7-16)13(10-18)14(15)19/h2-5,13,18H,6-10H2,1H3,(H2,15,19). The lowest BCUT2D eigenvalue weighted by Gasteiger charge is -2.38. The maximum atomic E-state index is 11.2. The Balaban J connectivity index is 1.94. The number of methoxy groups -OCH3 is 1. The number of anilines is 1. The molecule has 1 amide bonds. The average Bonchev–Trinajstić information content (AvgIpc) is 2.48. The molecule has 1 aliphatic rings. The highest BCUT2D eigenvalue weighted by Crippen LogP contribution is 2.20. The Bertz CT molecular complexity index is 441. The Hall–Kier alpha value is -1.79. The van der Waals surface area contributed by atoms with Crippen LogP contribution in [0, 0.1) is 0 Å². The molecule has 3 N–H and O–H groups in total. The van der Waals surface area contributed by atoms with Gasteiger partial charge < -0.3 is 20.5 Å². The van der Waals surface area contributed by atoms with E-state index in [0.29, 0.717) is 13.1 Å². The monoisotopic (exact) mass is 279 g/mol. The predicted molar refractivity (Wildman–Crippen MR) is 76.8 cm³/mol. The van der Waals surface area contributed by atoms with E-state index in [0.717, 1.165) is 24.5 Å². The third-order valence-corrected chi connectivity index (χ3v) is 3.69. The lowest BCUT2D eigenvalue weighted by atomic mass is 10.2. The molecule has 1 fully saturated rings. The van der Waals surface area contributed by atoms with Gasteiger partial charge in [0.25, 0.3) is 0 Å². The van der Waals surface area contributed by atoms with Crippen LogP contribution >= 0.6 is 0 Å². The molecule has 0 bridgehead atoms. The molecule has 1 atom stereocenters. The lowest BCUT2D eigenvalue weighted by molar-refractivity contribution is -0.124. The van der Waals surface area contributed by atoms with Crippen LogP contribution in [-0.2, 0) is 4.79 Å². The fraction of sp³-hybridized carbons (Fsp3) is 0.500. The number of aliphatic hydroxyl groups is 1. The molecule has 0 saturated carbocycles. The van der Waals surface area contributed by atoms with Gasteiger partial charge >= 0.3 is 0 Å². The number of benzene rings is 1. The Morgan fingerprint density at radius 1 is 1.30 bits per heavy atom. The van der Waals surface area contributed by atoms with Crippen molar-refractivity contribution in [1.29, 1.82) is 0 Å². The van der Waals surface area contributed by atoms with Crippen molar-refractivity contribution in [1.82, 2.24) is 4.90 Å². The zero-order chi connectivity index (χ0) is 14.5. The second kappa shape index (κ2) is 6.58. The highest BCUT2D eigenvalue weighted by molar-refractivity contribution is 5.80. The number of hydrogen-bond acceptors (Lipinski definition) is 5. The van der Waals surface area contributed by atoms with Crippen LogP contribution in [0.4, 0.5) is 5.69 Å². The summed E-state index contributed by atoms with van der Waals surface area (Å²) in [6, 6.07) is 7.33. The molecule has 0 aliphatic carbocycles. The summed E-state index contributed by atoms with van der Waals surface area (Å²) < 4.78 is 5.14. The fourth-order valence-electron chi connectivity index (χ4n) is 2.47. The number of carbonyl (C=O) groups excluding carboxylic acids is 1. The number of carbonyl (C=O) groups is 1. The molecule has 0 radical (unpaired) electrons. The minimum absolute atomic E-state index is 0.224. The molecule has 1 aromatic rings. The largest absolute Gasteiger partial charge is 0.497 e. The van der Waals surface area contributed by atoms with Gasteiger partial charge in [-0.3, -0.25) is 9.69 Å². The number of piperazine rings is 1. The summed E-state index contributed by atoms with van der Waals surface area (Å²) in [6.07, 6.45) is 0. The number of nitrogens with two attached hydrogens (primary N) is 1. The number of primary amides is 1. The topological polar surface area (TPSA) is 79.0 Å². The fourth-order valence-corrected chi connectivity index (χ4v) is 2.47. The van der Waals surface area contributed by atoms with E-state index >= 15 is 0 Å². The van der Waals surface area contributed by atoms with E-state index in [-0.39, 0.29) is 6.61 Å². The van der Waals surface area contributed by atoms with Crippen LogP contribution in [0.15, 0.2) is 24.3 Å². The van der Waals surface area contributed by atoms with Crippen molar-refractivity contribution in [3.63, 3.8) is 0 Å². The third kappa shape index (κ3) is 3.20. The molecule has 1 unspecified atom stereocenters. The Morgan fingerprint density at radius 3 is 2.35 bits per heavy atom. The van der Waals surface area contributed by atoms with Gasteiger partial charge in [0.05, 0.1) is 13.7 Å². The lowest BCUT2D eigenvalue weighted by Crippen LogP contribution is -2.55. The van der Waals surface area contributed by atoms with Crippen molar-refractivity contribution < 1.29 is 14.6 Å². The number of nitrogens with zero attached hydrogens (tertiary/aromatic N) is 2. The first-order valence-corrected chi connectivity index (χ1v) is 6.69. The highest BCUT2D eigenvalue weighted by atomic mass is 16.5. The quantitative estimate of drug-likeness (QED) is 0.771. The second-order valence-electron chi connectivity index (χ2n) is 4.82. The van der Waals surface area contributed by atoms with E-state index in [1.807, 2.05) is 29.2 Å². The van der Waals surface area contributed by atoms with Gasteiger partial charge in [-0.05, 0) is 24.3 Å². The van der Waals surface area contributed by atoms with Gasteiger partial charge in [-0.15, -0.1) is 0 Å². The SMILES string of the molecule is COc1ccc(N2CCN(C(CO)C(N)=O)CC2)cc1. The number of amides is 1. The minimum Gasteiger partial charge on any atom is -0.497 e. The summed E-state index contributed by atoms with van der Waals surface area (Å²) in [7, 11) is 1.65. The molecule has 1 aromatic carbocycles. The van der Waals surface area contributed by atoms with E-state index in [9.17, 15) is 9.90 Å². The minimum atomic E-state index is -0.576. The van der Waals surface area contributed by atoms with Crippen molar-refractivity contribution in [2.24, 2.45) is 5.73 Å². The van der Waals surface area contributed by atoms with E-state index in [1.165, 1.54) is 0 Å². The van der Waals surface area contributed by atoms with Crippen LogP contribution in [-0.4, -0.2) is 61.9 Å². The van der Waals surface area contributed by atoms with Gasteiger partial charge in [0.15, 0.2) is 0 Å². The van der Waals surface area contributed by atoms with Crippen molar-refractivity contribution >= 4 is 11.6 Å². The first-order valence-electron chi connectivity index (χ1n) is 6.69. The van der Waals surface area contributed by atoms with Gasteiger partial charge in [0, 0.05) is 31.9 Å². The maximum Gasteiger partial charge on any atom is 0.237 e. The van der Waals surface area contributed by atoms with Crippen LogP contribution < -0.4 is 15.4 Å². The molecule has 1 aliphatic heterocycles. The van der Waals surface area contributed by atoms with E-state index in [1.54, 1.807) is 7.11 Å². The van der Waals surface area contributed by atoms with Crippen LogP contribution in [0.2, 0.25) is 0 Å². The molecule has 110 valence electrons. The Morgan fingerprint density at radius 2 is 1.90 bits per heavy atom. The Kier molecular flexibility index (Phi) is 4.81. The number of aliphatic hydroxyl groups excluding tert-OH is 1. The third-order valence-electron chi connectivity index (χ3n) is 3.69. The highest BCUT2D eigenvalue weighted by Gasteiger charge is 2.26. The van der Waals surface area contributed by atoms with E-state index in [2.05, 4.69) is 4.90 Å². The van der Waals surface area contributed by atoms with Gasteiger partial charge in [-0.1, -0.05) is 0 Å². The van der Waals surface area contributed by atoms with Crippen LogP contribution in [0.3, 0.4) is 0 Å². The van der Waals surface area contributed by atoms with Crippen molar-refractivity contribution in [2.75, 3.05) is 44.8 Å². The van der Waals surface area contributed by atoms with E-state index < -0.39 is 11.9 Å². The first kappa shape index (κ1) is 14.6. The van der Waals surface area contributed by atoms with Crippen molar-refractivity contribution in [3.05, 3.63) is 24.3 Å². The van der Waals surface area contributed by atoms with E-state index in [4.69, 9.17) is 10.5 Å². The molecule has 1 saturated heterocycles. The molecule has 20 heavy (non-hydrogen) atoms. The van der Waals surface area contributed by atoms with Gasteiger partial charge in [0.1, 0.15) is 11.8 Å². The summed E-state index contributed by atoms with van der Waals surface area (Å²) in [5.74, 6) is 0.367. The smallest absolute Gasteiger partial charge is 0.237 e. The van der Waals surface area contributed by atoms with Crippen LogP contribution in [0.5, 0.6) is 5.75 Å². The summed E-state index contributed by atoms with van der Waals surface area (Å²) in [4.78, 5) is 15.4. The van der Waals surface area contributed by atoms with Gasteiger partial charge in [0.2, 0.25) is 5.91 Å². The molecule has 6 nitrogen and oxygen atoms in total. The molecule has 0 aromatic heterocycles. The second-order valence-corrected chi connectivity index (χ2v) is 4.82. The van der Waals surface area contributed by atoms with Crippen molar-refractivity contribution in [3.8, 4) is 5.75 Å². The molecule has 1 heterocycles. The molecular weight excluding hydrogens is 258 g/mol. The number of ether oxygens (including phenoxy) is 1. The average molecular weight is 279 g/mol. The maximum absolute atomic E-state index is 11.2. The number of hydrogen-bond donors (Lipinski definition) is 2. The first-order chi connectivity index (χ1) is 9.65. The summed E-state index contributed by atoms with van der Waals surface area (Å²) in [6.45, 7) is 2.80. The molecule has 2 rings (SSSR count). The predicted octanol–water partition coefficient (Wildman–Crippen LogP) is -0.337. The zero-order valence-corrected chi connectivity index (χ0v) is 11.7. The van der Waals surface area contributed by atoms with Gasteiger partial charge in [-0.2, -0.15) is 0 Å². The molecule has 0 spiro atoms. The molecular formula is C14H21N3O3. The zero-order valence-electron chi connectivity index (χ0n) is 11.7. The summed E-state index contributed by atoms with van der Waals surface area (Å²) in [5, 5.41) is 9.22.